The average Bonchev–Trinajstić information content (AvgIpc) is 2.99. The van der Waals surface area contributed by atoms with Gasteiger partial charge in [-0.05, 0) is 29.8 Å². The average molecular weight is 318 g/mol. The number of hydrogen-bond donors (Lipinski definition) is 2. The molecule has 5 nitrogen and oxygen atoms in total. The van der Waals surface area contributed by atoms with Crippen molar-refractivity contribution >= 4 is 22.6 Å². The zero-order chi connectivity index (χ0) is 16.5. The van der Waals surface area contributed by atoms with E-state index in [4.69, 9.17) is 4.42 Å². The third kappa shape index (κ3) is 2.67. The normalized spacial score (nSPS) is 13.7. The van der Waals surface area contributed by atoms with Gasteiger partial charge in [-0.1, -0.05) is 30.3 Å². The van der Waals surface area contributed by atoms with Crippen LogP contribution in [-0.4, -0.2) is 12.5 Å². The maximum absolute atomic E-state index is 12.3. The fraction of sp³-hybridized carbons (Fsp3) is 0.0526. The first kappa shape index (κ1) is 14.3. The molecule has 2 heterocycles. The highest BCUT2D eigenvalue weighted by molar-refractivity contribution is 5.92. The second-order valence-electron chi connectivity index (χ2n) is 5.58. The van der Waals surface area contributed by atoms with Gasteiger partial charge in [0, 0.05) is 22.8 Å². The van der Waals surface area contributed by atoms with E-state index in [1.54, 1.807) is 6.07 Å². The van der Waals surface area contributed by atoms with Gasteiger partial charge in [-0.25, -0.2) is 4.79 Å². The zero-order valence-electron chi connectivity index (χ0n) is 12.7. The molecule has 0 saturated heterocycles. The van der Waals surface area contributed by atoms with E-state index >= 15 is 0 Å². The third-order valence-electron chi connectivity index (χ3n) is 3.88. The largest absolute Gasteiger partial charge is 0.422 e. The molecule has 0 radical (unpaired) electrons. The maximum atomic E-state index is 12.3. The van der Waals surface area contributed by atoms with Gasteiger partial charge in [0.05, 0.1) is 12.1 Å². The Morgan fingerprint density at radius 1 is 1.00 bits per heavy atom. The maximum Gasteiger partial charge on any atom is 0.344 e. The first-order chi connectivity index (χ1) is 11.7. The van der Waals surface area contributed by atoms with Gasteiger partial charge in [0.15, 0.2) is 0 Å². The van der Waals surface area contributed by atoms with Crippen LogP contribution in [-0.2, 0) is 4.79 Å². The van der Waals surface area contributed by atoms with Crippen molar-refractivity contribution in [2.75, 3.05) is 11.9 Å². The number of para-hydroxylation sites is 1. The summed E-state index contributed by atoms with van der Waals surface area (Å²) in [7, 11) is 0. The molecule has 1 amide bonds. The van der Waals surface area contributed by atoms with Gasteiger partial charge in [0.1, 0.15) is 5.58 Å². The Hall–Kier alpha value is -3.34. The highest BCUT2D eigenvalue weighted by Crippen LogP contribution is 2.24. The number of anilines is 1. The molecule has 1 aliphatic rings. The van der Waals surface area contributed by atoms with Crippen molar-refractivity contribution in [2.45, 2.75) is 0 Å². The lowest BCUT2D eigenvalue weighted by molar-refractivity contribution is -0.115. The number of hydrogen-bond acceptors (Lipinski definition) is 4. The van der Waals surface area contributed by atoms with E-state index in [0.29, 0.717) is 17.7 Å². The van der Waals surface area contributed by atoms with Crippen molar-refractivity contribution in [1.82, 2.24) is 5.32 Å². The number of amides is 1. The molecule has 0 spiro atoms. The molecule has 0 fully saturated rings. The molecular weight excluding hydrogens is 304 g/mol. The molecule has 118 valence electrons. The topological polar surface area (TPSA) is 71.3 Å². The molecule has 0 saturated carbocycles. The molecular formula is C19H14N2O3. The van der Waals surface area contributed by atoms with Crippen LogP contribution in [0.2, 0.25) is 0 Å². The molecule has 0 bridgehead atoms. The Balaban J connectivity index is 1.73. The Labute approximate surface area is 137 Å². The van der Waals surface area contributed by atoms with Crippen LogP contribution in [0.1, 0.15) is 0 Å². The first-order valence-electron chi connectivity index (χ1n) is 7.58. The molecule has 3 aromatic rings. The molecule has 24 heavy (non-hydrogen) atoms. The van der Waals surface area contributed by atoms with Gasteiger partial charge in [0.25, 0.3) is 0 Å². The molecule has 5 heteroatoms. The number of carbonyl (C=O) groups is 1. The Morgan fingerprint density at radius 2 is 1.88 bits per heavy atom. The summed E-state index contributed by atoms with van der Waals surface area (Å²) in [5.41, 5.74) is 3.07. The molecule has 2 N–H and O–H groups in total. The summed E-state index contributed by atoms with van der Waals surface area (Å²) < 4.78 is 5.39. The van der Waals surface area contributed by atoms with Crippen molar-refractivity contribution in [3.63, 3.8) is 0 Å². The number of carbonyl (C=O) groups excluding carboxylic acids is 1. The lowest BCUT2D eigenvalue weighted by Gasteiger charge is -2.08. The van der Waals surface area contributed by atoms with E-state index in [-0.39, 0.29) is 11.5 Å². The number of nitrogens with one attached hydrogen (secondary N) is 2. The number of rotatable bonds is 3. The molecule has 0 aliphatic carbocycles. The first-order valence-corrected chi connectivity index (χ1v) is 7.58. The summed E-state index contributed by atoms with van der Waals surface area (Å²) >= 11 is 0. The predicted octanol–water partition coefficient (Wildman–Crippen LogP) is 2.89. The van der Waals surface area contributed by atoms with Crippen molar-refractivity contribution in [1.29, 1.82) is 0 Å². The SMILES string of the molecule is O=C1C=C(Nc2cccc(-c3cc4ccccc4oc3=O)c2)CN1. The van der Waals surface area contributed by atoms with Crippen LogP contribution in [0, 0.1) is 0 Å². The summed E-state index contributed by atoms with van der Waals surface area (Å²) in [6.45, 7) is 0.473. The van der Waals surface area contributed by atoms with E-state index in [0.717, 1.165) is 22.3 Å². The van der Waals surface area contributed by atoms with Crippen LogP contribution in [0.15, 0.2) is 75.6 Å². The van der Waals surface area contributed by atoms with E-state index in [1.165, 1.54) is 6.08 Å². The van der Waals surface area contributed by atoms with Crippen molar-refractivity contribution < 1.29 is 9.21 Å². The van der Waals surface area contributed by atoms with Crippen LogP contribution in [0.4, 0.5) is 5.69 Å². The van der Waals surface area contributed by atoms with Crippen LogP contribution in [0.3, 0.4) is 0 Å². The zero-order valence-corrected chi connectivity index (χ0v) is 12.7. The predicted molar refractivity (Wildman–Crippen MR) is 92.6 cm³/mol. The Morgan fingerprint density at radius 3 is 2.71 bits per heavy atom. The van der Waals surface area contributed by atoms with Gasteiger partial charge in [-0.2, -0.15) is 0 Å². The fourth-order valence-electron chi connectivity index (χ4n) is 2.74. The van der Waals surface area contributed by atoms with Gasteiger partial charge in [0.2, 0.25) is 5.91 Å². The Bertz CT molecular complexity index is 1030. The van der Waals surface area contributed by atoms with Gasteiger partial charge < -0.3 is 15.1 Å². The third-order valence-corrected chi connectivity index (χ3v) is 3.88. The minimum absolute atomic E-state index is 0.108. The summed E-state index contributed by atoms with van der Waals surface area (Å²) in [5.74, 6) is -0.108. The van der Waals surface area contributed by atoms with Crippen LogP contribution in [0.5, 0.6) is 0 Å². The summed E-state index contributed by atoms with van der Waals surface area (Å²) in [6, 6.07) is 16.7. The van der Waals surface area contributed by atoms with E-state index in [1.807, 2.05) is 48.5 Å². The standard InChI is InChI=1S/C19H14N2O3/c22-18-10-15(11-20-18)21-14-6-3-5-12(8-14)16-9-13-4-1-2-7-17(13)24-19(16)23/h1-10,21H,11H2,(H,20,22). The second-order valence-corrected chi connectivity index (χ2v) is 5.58. The van der Waals surface area contributed by atoms with E-state index in [2.05, 4.69) is 10.6 Å². The molecule has 1 aromatic heterocycles. The van der Waals surface area contributed by atoms with Gasteiger partial charge in [-0.15, -0.1) is 0 Å². The van der Waals surface area contributed by atoms with Crippen molar-refractivity contribution in [3.8, 4) is 11.1 Å². The van der Waals surface area contributed by atoms with Gasteiger partial charge >= 0.3 is 5.63 Å². The fourth-order valence-corrected chi connectivity index (χ4v) is 2.74. The highest BCUT2D eigenvalue weighted by Gasteiger charge is 2.12. The summed E-state index contributed by atoms with van der Waals surface area (Å²) in [4.78, 5) is 23.5. The summed E-state index contributed by atoms with van der Waals surface area (Å²) in [6.07, 6.45) is 1.52. The highest BCUT2D eigenvalue weighted by atomic mass is 16.4. The lowest BCUT2D eigenvalue weighted by atomic mass is 10.1. The van der Waals surface area contributed by atoms with E-state index in [9.17, 15) is 9.59 Å². The molecule has 0 unspecified atom stereocenters. The van der Waals surface area contributed by atoms with Gasteiger partial charge in [-0.3, -0.25) is 4.79 Å². The number of fused-ring (bicyclic) bond motifs is 1. The van der Waals surface area contributed by atoms with Crippen LogP contribution in [0.25, 0.3) is 22.1 Å². The molecule has 1 aliphatic heterocycles. The quantitative estimate of drug-likeness (QED) is 0.729. The minimum atomic E-state index is -0.372. The second kappa shape index (κ2) is 5.70. The van der Waals surface area contributed by atoms with Crippen molar-refractivity contribution in [3.05, 3.63) is 76.8 Å². The van der Waals surface area contributed by atoms with Crippen LogP contribution < -0.4 is 16.3 Å². The van der Waals surface area contributed by atoms with Crippen molar-refractivity contribution in [2.24, 2.45) is 0 Å². The molecule has 2 aromatic carbocycles. The smallest absolute Gasteiger partial charge is 0.344 e. The number of benzene rings is 2. The Kier molecular flexibility index (Phi) is 3.39. The molecule has 4 rings (SSSR count). The van der Waals surface area contributed by atoms with Crippen LogP contribution >= 0.6 is 0 Å². The lowest BCUT2D eigenvalue weighted by Crippen LogP contribution is -2.16. The van der Waals surface area contributed by atoms with E-state index < -0.39 is 0 Å². The monoisotopic (exact) mass is 318 g/mol. The minimum Gasteiger partial charge on any atom is -0.422 e. The summed E-state index contributed by atoms with van der Waals surface area (Å²) in [5, 5.41) is 6.76. The molecule has 0 atom stereocenters.